The van der Waals surface area contributed by atoms with E-state index in [0.717, 1.165) is 25.7 Å². The Hall–Kier alpha value is -2.61. The monoisotopic (exact) mass is 409 g/mol. The fourth-order valence-corrected chi connectivity index (χ4v) is 3.25. The lowest BCUT2D eigenvalue weighted by Gasteiger charge is -2.34. The SMILES string of the molecule is Cc1ccc(CN2CCN(C(=O)NCc3ccc(C(F)(F)F)c(F)c3)CC2)cc1. The van der Waals surface area contributed by atoms with Crippen LogP contribution < -0.4 is 5.32 Å². The third-order valence-corrected chi connectivity index (χ3v) is 4.97. The molecule has 1 heterocycles. The number of alkyl halides is 3. The molecule has 1 fully saturated rings. The van der Waals surface area contributed by atoms with Gasteiger partial charge in [-0.15, -0.1) is 0 Å². The van der Waals surface area contributed by atoms with Crippen LogP contribution in [0.5, 0.6) is 0 Å². The Balaban J connectivity index is 1.46. The number of hydrogen-bond donors (Lipinski definition) is 1. The molecular weight excluding hydrogens is 386 g/mol. The molecule has 0 saturated carbocycles. The molecular formula is C21H23F4N3O. The third kappa shape index (κ3) is 5.69. The molecule has 1 N–H and O–H groups in total. The minimum atomic E-state index is -4.73. The quantitative estimate of drug-likeness (QED) is 0.769. The highest BCUT2D eigenvalue weighted by molar-refractivity contribution is 5.74. The van der Waals surface area contributed by atoms with Crippen LogP contribution in [-0.2, 0) is 19.3 Å². The van der Waals surface area contributed by atoms with E-state index in [0.29, 0.717) is 19.2 Å². The molecule has 0 unspecified atom stereocenters. The lowest BCUT2D eigenvalue weighted by Crippen LogP contribution is -2.51. The summed E-state index contributed by atoms with van der Waals surface area (Å²) in [5.41, 5.74) is 1.40. The highest BCUT2D eigenvalue weighted by Crippen LogP contribution is 2.31. The van der Waals surface area contributed by atoms with E-state index < -0.39 is 17.6 Å². The molecule has 1 aliphatic rings. The maximum Gasteiger partial charge on any atom is 0.419 e. The number of urea groups is 1. The van der Waals surface area contributed by atoms with Crippen molar-refractivity contribution in [1.29, 1.82) is 0 Å². The average molecular weight is 409 g/mol. The molecule has 2 amide bonds. The van der Waals surface area contributed by atoms with Gasteiger partial charge in [0, 0.05) is 39.3 Å². The second-order valence-electron chi connectivity index (χ2n) is 7.22. The van der Waals surface area contributed by atoms with Gasteiger partial charge in [-0.1, -0.05) is 35.9 Å². The first kappa shape index (κ1) is 21.1. The van der Waals surface area contributed by atoms with Gasteiger partial charge in [-0.3, -0.25) is 4.90 Å². The number of nitrogens with zero attached hydrogens (tertiary/aromatic N) is 2. The first-order chi connectivity index (χ1) is 13.7. The van der Waals surface area contributed by atoms with Crippen molar-refractivity contribution in [3.63, 3.8) is 0 Å². The molecule has 3 rings (SSSR count). The number of benzene rings is 2. The van der Waals surface area contributed by atoms with Crippen molar-refractivity contribution in [3.8, 4) is 0 Å². The molecule has 4 nitrogen and oxygen atoms in total. The van der Waals surface area contributed by atoms with Gasteiger partial charge in [0.15, 0.2) is 0 Å². The standard InChI is InChI=1S/C21H23F4N3O/c1-15-2-4-16(5-3-15)14-27-8-10-28(11-9-27)20(29)26-13-17-6-7-18(19(22)12-17)21(23,24)25/h2-7,12H,8-11,13-14H2,1H3,(H,26,29). The Morgan fingerprint density at radius 1 is 1.00 bits per heavy atom. The van der Waals surface area contributed by atoms with E-state index in [2.05, 4.69) is 34.5 Å². The van der Waals surface area contributed by atoms with E-state index in [1.54, 1.807) is 4.90 Å². The molecule has 156 valence electrons. The summed E-state index contributed by atoms with van der Waals surface area (Å²) in [5, 5.41) is 2.65. The van der Waals surface area contributed by atoms with Crippen molar-refractivity contribution >= 4 is 6.03 Å². The van der Waals surface area contributed by atoms with Crippen molar-refractivity contribution in [2.45, 2.75) is 26.2 Å². The predicted octanol–water partition coefficient (Wildman–Crippen LogP) is 4.18. The lowest BCUT2D eigenvalue weighted by atomic mass is 10.1. The lowest BCUT2D eigenvalue weighted by molar-refractivity contribution is -0.140. The van der Waals surface area contributed by atoms with Crippen molar-refractivity contribution in [2.24, 2.45) is 0 Å². The van der Waals surface area contributed by atoms with Gasteiger partial charge >= 0.3 is 12.2 Å². The molecule has 29 heavy (non-hydrogen) atoms. The topological polar surface area (TPSA) is 35.6 Å². The maximum atomic E-state index is 13.6. The summed E-state index contributed by atoms with van der Waals surface area (Å²) in [4.78, 5) is 16.2. The maximum absolute atomic E-state index is 13.6. The largest absolute Gasteiger partial charge is 0.419 e. The van der Waals surface area contributed by atoms with Crippen LogP contribution in [0.25, 0.3) is 0 Å². The predicted molar refractivity (Wildman–Crippen MR) is 102 cm³/mol. The number of hydrogen-bond acceptors (Lipinski definition) is 2. The number of carbonyl (C=O) groups is 1. The Morgan fingerprint density at radius 2 is 1.62 bits per heavy atom. The normalized spacial score (nSPS) is 15.4. The van der Waals surface area contributed by atoms with Crippen molar-refractivity contribution in [3.05, 3.63) is 70.5 Å². The third-order valence-electron chi connectivity index (χ3n) is 4.97. The first-order valence-electron chi connectivity index (χ1n) is 9.38. The van der Waals surface area contributed by atoms with Crippen LogP contribution in [0.4, 0.5) is 22.4 Å². The fraction of sp³-hybridized carbons (Fsp3) is 0.381. The van der Waals surface area contributed by atoms with Gasteiger partial charge < -0.3 is 10.2 Å². The summed E-state index contributed by atoms with van der Waals surface area (Å²) in [5.74, 6) is -1.34. The van der Waals surface area contributed by atoms with Crippen LogP contribution in [-0.4, -0.2) is 42.0 Å². The van der Waals surface area contributed by atoms with Gasteiger partial charge in [-0.25, -0.2) is 9.18 Å². The number of nitrogens with one attached hydrogen (secondary N) is 1. The number of piperazine rings is 1. The Morgan fingerprint density at radius 3 is 2.21 bits per heavy atom. The van der Waals surface area contributed by atoms with Gasteiger partial charge in [0.1, 0.15) is 5.82 Å². The zero-order chi connectivity index (χ0) is 21.0. The van der Waals surface area contributed by atoms with E-state index in [1.165, 1.54) is 17.2 Å². The smallest absolute Gasteiger partial charge is 0.334 e. The van der Waals surface area contributed by atoms with Crippen LogP contribution in [0.3, 0.4) is 0 Å². The van der Waals surface area contributed by atoms with Crippen molar-refractivity contribution in [1.82, 2.24) is 15.1 Å². The minimum absolute atomic E-state index is 0.0303. The number of carbonyl (C=O) groups excluding carboxylic acids is 1. The van der Waals surface area contributed by atoms with Crippen LogP contribution in [0.1, 0.15) is 22.3 Å². The van der Waals surface area contributed by atoms with Crippen molar-refractivity contribution in [2.75, 3.05) is 26.2 Å². The highest BCUT2D eigenvalue weighted by atomic mass is 19.4. The second kappa shape index (κ2) is 8.82. The molecule has 0 aromatic heterocycles. The first-order valence-corrected chi connectivity index (χ1v) is 9.38. The van der Waals surface area contributed by atoms with Gasteiger partial charge in [-0.2, -0.15) is 13.2 Å². The molecule has 0 bridgehead atoms. The highest BCUT2D eigenvalue weighted by Gasteiger charge is 2.33. The van der Waals surface area contributed by atoms with Crippen molar-refractivity contribution < 1.29 is 22.4 Å². The van der Waals surface area contributed by atoms with E-state index in [9.17, 15) is 22.4 Å². The van der Waals surface area contributed by atoms with E-state index in [-0.39, 0.29) is 18.1 Å². The molecule has 1 aliphatic heterocycles. The van der Waals surface area contributed by atoms with Gasteiger partial charge in [-0.05, 0) is 30.2 Å². The summed E-state index contributed by atoms with van der Waals surface area (Å²) in [6, 6.07) is 10.7. The molecule has 2 aromatic rings. The van der Waals surface area contributed by atoms with E-state index >= 15 is 0 Å². The van der Waals surface area contributed by atoms with Crippen LogP contribution in [0.15, 0.2) is 42.5 Å². The number of amides is 2. The summed E-state index contributed by atoms with van der Waals surface area (Å²) < 4.78 is 51.4. The molecule has 1 saturated heterocycles. The van der Waals surface area contributed by atoms with Gasteiger partial charge in [0.25, 0.3) is 0 Å². The summed E-state index contributed by atoms with van der Waals surface area (Å²) in [6.07, 6.45) is -4.73. The van der Waals surface area contributed by atoms with Crippen LogP contribution in [0.2, 0.25) is 0 Å². The fourth-order valence-electron chi connectivity index (χ4n) is 3.25. The van der Waals surface area contributed by atoms with Gasteiger partial charge in [0.05, 0.1) is 5.56 Å². The number of aryl methyl sites for hydroxylation is 1. The molecule has 0 aliphatic carbocycles. The van der Waals surface area contributed by atoms with Crippen LogP contribution in [0, 0.1) is 12.7 Å². The van der Waals surface area contributed by atoms with Gasteiger partial charge in [0.2, 0.25) is 0 Å². The second-order valence-corrected chi connectivity index (χ2v) is 7.22. The minimum Gasteiger partial charge on any atom is -0.334 e. The summed E-state index contributed by atoms with van der Waals surface area (Å²) in [7, 11) is 0. The zero-order valence-corrected chi connectivity index (χ0v) is 16.1. The van der Waals surface area contributed by atoms with Crippen LogP contribution >= 0.6 is 0 Å². The Bertz CT molecular complexity index is 844. The molecule has 0 spiro atoms. The number of halogens is 4. The number of rotatable bonds is 4. The molecule has 0 radical (unpaired) electrons. The summed E-state index contributed by atoms with van der Waals surface area (Å²) in [6.45, 7) is 5.41. The Kier molecular flexibility index (Phi) is 6.42. The molecule has 2 aromatic carbocycles. The zero-order valence-electron chi connectivity index (χ0n) is 16.1. The molecule has 8 heteroatoms. The Labute approximate surface area is 167 Å². The van der Waals surface area contributed by atoms with E-state index in [1.807, 2.05) is 6.92 Å². The average Bonchev–Trinajstić information content (AvgIpc) is 2.67. The van der Waals surface area contributed by atoms with E-state index in [4.69, 9.17) is 0 Å². The summed E-state index contributed by atoms with van der Waals surface area (Å²) >= 11 is 0. The molecule has 0 atom stereocenters.